The molecular formula is C11H14BrNO. The van der Waals surface area contributed by atoms with Crippen LogP contribution < -0.4 is 4.74 Å². The highest BCUT2D eigenvalue weighted by Gasteiger charge is 2.14. The number of hydrogen-bond acceptors (Lipinski definition) is 2. The third-order valence-corrected chi connectivity index (χ3v) is 3.23. The zero-order chi connectivity index (χ0) is 9.97. The molecule has 1 aromatic carbocycles. The van der Waals surface area contributed by atoms with Crippen molar-refractivity contribution in [3.05, 3.63) is 28.2 Å². The molecule has 1 aliphatic rings. The molecule has 2 nitrogen and oxygen atoms in total. The maximum absolute atomic E-state index is 5.25. The highest BCUT2D eigenvalue weighted by Crippen LogP contribution is 2.26. The van der Waals surface area contributed by atoms with Gasteiger partial charge in [0.05, 0.1) is 11.6 Å². The average Bonchev–Trinajstić information content (AvgIpc) is 2.14. The fourth-order valence-electron chi connectivity index (χ4n) is 1.60. The van der Waals surface area contributed by atoms with Gasteiger partial charge in [0.1, 0.15) is 5.75 Å². The third-order valence-electron chi connectivity index (χ3n) is 2.57. The van der Waals surface area contributed by atoms with Crippen LogP contribution in [0, 0.1) is 0 Å². The summed E-state index contributed by atoms with van der Waals surface area (Å²) in [7, 11) is 1.70. The molecule has 0 aromatic heterocycles. The van der Waals surface area contributed by atoms with Crippen LogP contribution in [0.15, 0.2) is 22.7 Å². The van der Waals surface area contributed by atoms with E-state index in [-0.39, 0.29) is 0 Å². The smallest absolute Gasteiger partial charge is 0.133 e. The molecule has 14 heavy (non-hydrogen) atoms. The van der Waals surface area contributed by atoms with E-state index in [1.807, 2.05) is 6.07 Å². The van der Waals surface area contributed by atoms with Crippen molar-refractivity contribution in [1.29, 1.82) is 0 Å². The number of methoxy groups -OCH3 is 1. The monoisotopic (exact) mass is 255 g/mol. The minimum absolute atomic E-state index is 0.919. The molecule has 1 aromatic rings. The van der Waals surface area contributed by atoms with E-state index >= 15 is 0 Å². The molecule has 2 rings (SSSR count). The molecule has 0 saturated carbocycles. The van der Waals surface area contributed by atoms with Crippen LogP contribution in [0.1, 0.15) is 12.0 Å². The Balaban J connectivity index is 2.09. The largest absolute Gasteiger partial charge is 0.496 e. The molecule has 0 atom stereocenters. The average molecular weight is 256 g/mol. The van der Waals surface area contributed by atoms with Crippen molar-refractivity contribution in [1.82, 2.24) is 4.90 Å². The van der Waals surface area contributed by atoms with Crippen LogP contribution in [0.5, 0.6) is 5.75 Å². The molecule has 0 aliphatic carbocycles. The lowest BCUT2D eigenvalue weighted by molar-refractivity contribution is 0.172. The van der Waals surface area contributed by atoms with E-state index in [1.54, 1.807) is 7.11 Å². The molecular weight excluding hydrogens is 242 g/mol. The second-order valence-corrected chi connectivity index (χ2v) is 4.45. The first-order chi connectivity index (χ1) is 6.79. The molecule has 0 N–H and O–H groups in total. The van der Waals surface area contributed by atoms with Crippen molar-refractivity contribution in [2.24, 2.45) is 0 Å². The van der Waals surface area contributed by atoms with Crippen LogP contribution in [0.25, 0.3) is 0 Å². The van der Waals surface area contributed by atoms with Crippen molar-refractivity contribution >= 4 is 15.9 Å². The summed E-state index contributed by atoms with van der Waals surface area (Å²) in [4.78, 5) is 2.43. The van der Waals surface area contributed by atoms with Crippen molar-refractivity contribution in [3.8, 4) is 5.75 Å². The van der Waals surface area contributed by atoms with Crippen molar-refractivity contribution < 1.29 is 4.74 Å². The molecule has 0 bridgehead atoms. The first kappa shape index (κ1) is 9.99. The molecule has 1 fully saturated rings. The number of ether oxygens (including phenoxy) is 1. The summed E-state index contributed by atoms with van der Waals surface area (Å²) >= 11 is 3.45. The lowest BCUT2D eigenvalue weighted by Crippen LogP contribution is -2.36. The Kier molecular flexibility index (Phi) is 3.08. The number of likely N-dealkylation sites (tertiary alicyclic amines) is 1. The van der Waals surface area contributed by atoms with Gasteiger partial charge in [-0.05, 0) is 53.1 Å². The minimum atomic E-state index is 0.919. The molecule has 76 valence electrons. The number of benzene rings is 1. The Labute approximate surface area is 93.0 Å². The standard InChI is InChI=1S/C11H14BrNO/c1-14-11-7-9(3-4-10(11)12)8-13-5-2-6-13/h3-4,7H,2,5-6,8H2,1H3. The summed E-state index contributed by atoms with van der Waals surface area (Å²) in [6.45, 7) is 3.51. The summed E-state index contributed by atoms with van der Waals surface area (Å²) < 4.78 is 6.27. The summed E-state index contributed by atoms with van der Waals surface area (Å²) in [6, 6.07) is 6.29. The van der Waals surface area contributed by atoms with E-state index in [1.165, 1.54) is 25.1 Å². The van der Waals surface area contributed by atoms with Gasteiger partial charge in [-0.15, -0.1) is 0 Å². The Morgan fingerprint density at radius 3 is 2.79 bits per heavy atom. The number of hydrogen-bond donors (Lipinski definition) is 0. The number of nitrogens with zero attached hydrogens (tertiary/aromatic N) is 1. The Morgan fingerprint density at radius 2 is 2.21 bits per heavy atom. The van der Waals surface area contributed by atoms with Gasteiger partial charge < -0.3 is 4.74 Å². The zero-order valence-electron chi connectivity index (χ0n) is 8.29. The highest BCUT2D eigenvalue weighted by atomic mass is 79.9. The molecule has 0 spiro atoms. The van der Waals surface area contributed by atoms with E-state index in [9.17, 15) is 0 Å². The molecule has 1 aliphatic heterocycles. The fourth-order valence-corrected chi connectivity index (χ4v) is 2.01. The first-order valence-electron chi connectivity index (χ1n) is 4.84. The van der Waals surface area contributed by atoms with Crippen molar-refractivity contribution in [3.63, 3.8) is 0 Å². The normalized spacial score (nSPS) is 16.4. The number of rotatable bonds is 3. The predicted molar refractivity (Wildman–Crippen MR) is 60.6 cm³/mol. The maximum atomic E-state index is 5.25. The van der Waals surface area contributed by atoms with E-state index in [2.05, 4.69) is 33.0 Å². The van der Waals surface area contributed by atoms with Crippen molar-refractivity contribution in [2.75, 3.05) is 20.2 Å². The Hall–Kier alpha value is -0.540. The minimum Gasteiger partial charge on any atom is -0.496 e. The van der Waals surface area contributed by atoms with Crippen LogP contribution in [-0.4, -0.2) is 25.1 Å². The van der Waals surface area contributed by atoms with Gasteiger partial charge in [0.2, 0.25) is 0 Å². The van der Waals surface area contributed by atoms with Crippen LogP contribution in [0.2, 0.25) is 0 Å². The van der Waals surface area contributed by atoms with Gasteiger partial charge >= 0.3 is 0 Å². The fraction of sp³-hybridized carbons (Fsp3) is 0.455. The van der Waals surface area contributed by atoms with E-state index in [0.29, 0.717) is 0 Å². The quantitative estimate of drug-likeness (QED) is 0.824. The lowest BCUT2D eigenvalue weighted by Gasteiger charge is -2.30. The maximum Gasteiger partial charge on any atom is 0.133 e. The zero-order valence-corrected chi connectivity index (χ0v) is 9.88. The lowest BCUT2D eigenvalue weighted by atomic mass is 10.1. The van der Waals surface area contributed by atoms with E-state index in [0.717, 1.165) is 16.8 Å². The van der Waals surface area contributed by atoms with Crippen LogP contribution in [0.3, 0.4) is 0 Å². The summed E-state index contributed by atoms with van der Waals surface area (Å²) in [5.41, 5.74) is 1.32. The van der Waals surface area contributed by atoms with Crippen LogP contribution in [-0.2, 0) is 6.54 Å². The first-order valence-corrected chi connectivity index (χ1v) is 5.63. The molecule has 3 heteroatoms. The van der Waals surface area contributed by atoms with Crippen LogP contribution >= 0.6 is 15.9 Å². The SMILES string of the molecule is COc1cc(CN2CCC2)ccc1Br. The molecule has 0 amide bonds. The molecule has 0 unspecified atom stereocenters. The molecule has 0 radical (unpaired) electrons. The van der Waals surface area contributed by atoms with Gasteiger partial charge in [0.15, 0.2) is 0 Å². The Morgan fingerprint density at radius 1 is 1.43 bits per heavy atom. The molecule has 1 heterocycles. The third kappa shape index (κ3) is 2.10. The van der Waals surface area contributed by atoms with Gasteiger partial charge in [0.25, 0.3) is 0 Å². The van der Waals surface area contributed by atoms with Gasteiger partial charge in [-0.2, -0.15) is 0 Å². The van der Waals surface area contributed by atoms with Gasteiger partial charge in [-0.25, -0.2) is 0 Å². The highest BCUT2D eigenvalue weighted by molar-refractivity contribution is 9.10. The second-order valence-electron chi connectivity index (χ2n) is 3.60. The number of halogens is 1. The van der Waals surface area contributed by atoms with Gasteiger partial charge in [-0.1, -0.05) is 6.07 Å². The summed E-state index contributed by atoms with van der Waals surface area (Å²) in [5, 5.41) is 0. The predicted octanol–water partition coefficient (Wildman–Crippen LogP) is 2.66. The van der Waals surface area contributed by atoms with Gasteiger partial charge in [0, 0.05) is 6.54 Å². The second kappa shape index (κ2) is 4.32. The molecule has 1 saturated heterocycles. The Bertz CT molecular complexity index is 323. The van der Waals surface area contributed by atoms with E-state index in [4.69, 9.17) is 4.74 Å². The van der Waals surface area contributed by atoms with Crippen LogP contribution in [0.4, 0.5) is 0 Å². The van der Waals surface area contributed by atoms with Gasteiger partial charge in [-0.3, -0.25) is 4.90 Å². The van der Waals surface area contributed by atoms with E-state index < -0.39 is 0 Å². The topological polar surface area (TPSA) is 12.5 Å². The van der Waals surface area contributed by atoms with Crippen molar-refractivity contribution in [2.45, 2.75) is 13.0 Å². The summed E-state index contributed by atoms with van der Waals surface area (Å²) in [5.74, 6) is 0.919. The summed E-state index contributed by atoms with van der Waals surface area (Å²) in [6.07, 6.45) is 1.34.